The Kier molecular flexibility index (Phi) is 4.81. The van der Waals surface area contributed by atoms with E-state index in [0.717, 1.165) is 12.1 Å². The summed E-state index contributed by atoms with van der Waals surface area (Å²) in [6.07, 6.45) is 4.94. The van der Waals surface area contributed by atoms with E-state index in [9.17, 15) is 4.39 Å². The molecule has 1 atom stereocenters. The van der Waals surface area contributed by atoms with Crippen LogP contribution in [-0.4, -0.2) is 19.6 Å². The Morgan fingerprint density at radius 1 is 1.42 bits per heavy atom. The highest BCUT2D eigenvalue weighted by Crippen LogP contribution is 2.36. The van der Waals surface area contributed by atoms with Crippen LogP contribution in [0.3, 0.4) is 0 Å². The molecule has 0 radical (unpaired) electrons. The molecule has 2 nitrogen and oxygen atoms in total. The molecule has 3 heteroatoms. The number of unbranched alkanes of at least 4 members (excludes halogenated alkanes) is 1. The zero-order valence-corrected chi connectivity index (χ0v) is 12.2. The maximum Gasteiger partial charge on any atom is 0.123 e. The molecule has 1 fully saturated rings. The second-order valence-corrected chi connectivity index (χ2v) is 5.49. The van der Waals surface area contributed by atoms with Crippen molar-refractivity contribution in [3.63, 3.8) is 0 Å². The highest BCUT2D eigenvalue weighted by Gasteiger charge is 2.30. The van der Waals surface area contributed by atoms with Gasteiger partial charge in [-0.15, -0.1) is 0 Å². The molecular formula is C16H25FN2. The second kappa shape index (κ2) is 6.38. The Morgan fingerprint density at radius 3 is 2.74 bits per heavy atom. The van der Waals surface area contributed by atoms with E-state index in [1.54, 1.807) is 12.1 Å². The standard InChI is InChI=1S/C16H25FN2/c1-4-5-10-19(14-7-8-14)16-9-6-13(17)11-15(16)12(2)18-3/h6,9,11-12,14,18H,4-5,7-8,10H2,1-3H3. The summed E-state index contributed by atoms with van der Waals surface area (Å²) in [5, 5.41) is 3.23. The molecule has 1 aliphatic carbocycles. The number of hydrogen-bond acceptors (Lipinski definition) is 2. The fraction of sp³-hybridized carbons (Fsp3) is 0.625. The number of rotatable bonds is 7. The lowest BCUT2D eigenvalue weighted by Crippen LogP contribution is -2.29. The fourth-order valence-corrected chi connectivity index (χ4v) is 2.50. The van der Waals surface area contributed by atoms with Gasteiger partial charge in [0.1, 0.15) is 5.82 Å². The highest BCUT2D eigenvalue weighted by molar-refractivity contribution is 5.56. The Bertz CT molecular complexity index is 415. The molecule has 1 aliphatic rings. The summed E-state index contributed by atoms with van der Waals surface area (Å²) in [6, 6.07) is 6.06. The van der Waals surface area contributed by atoms with Crippen molar-refractivity contribution in [3.05, 3.63) is 29.6 Å². The van der Waals surface area contributed by atoms with E-state index in [0.29, 0.717) is 6.04 Å². The van der Waals surface area contributed by atoms with Crippen LogP contribution in [0.1, 0.15) is 51.1 Å². The number of nitrogens with zero attached hydrogens (tertiary/aromatic N) is 1. The molecule has 1 aromatic rings. The monoisotopic (exact) mass is 264 g/mol. The van der Waals surface area contributed by atoms with Gasteiger partial charge in [0.25, 0.3) is 0 Å². The molecule has 2 rings (SSSR count). The van der Waals surface area contributed by atoms with Crippen LogP contribution >= 0.6 is 0 Å². The fourth-order valence-electron chi connectivity index (χ4n) is 2.50. The van der Waals surface area contributed by atoms with Crippen LogP contribution in [0.15, 0.2) is 18.2 Å². The van der Waals surface area contributed by atoms with Gasteiger partial charge in [-0.3, -0.25) is 0 Å². The molecule has 0 heterocycles. The number of hydrogen-bond donors (Lipinski definition) is 1. The van der Waals surface area contributed by atoms with Crippen molar-refractivity contribution in [2.45, 2.75) is 51.6 Å². The van der Waals surface area contributed by atoms with E-state index in [1.165, 1.54) is 31.4 Å². The average molecular weight is 264 g/mol. The van der Waals surface area contributed by atoms with Gasteiger partial charge in [0.15, 0.2) is 0 Å². The molecule has 106 valence electrons. The summed E-state index contributed by atoms with van der Waals surface area (Å²) in [6.45, 7) is 5.38. The van der Waals surface area contributed by atoms with Gasteiger partial charge in [0.05, 0.1) is 0 Å². The van der Waals surface area contributed by atoms with Gasteiger partial charge in [-0.25, -0.2) is 4.39 Å². The minimum Gasteiger partial charge on any atom is -0.368 e. The molecule has 0 aromatic heterocycles. The van der Waals surface area contributed by atoms with Crippen molar-refractivity contribution < 1.29 is 4.39 Å². The highest BCUT2D eigenvalue weighted by atomic mass is 19.1. The third-order valence-electron chi connectivity index (χ3n) is 3.94. The van der Waals surface area contributed by atoms with Gasteiger partial charge in [0.2, 0.25) is 0 Å². The topological polar surface area (TPSA) is 15.3 Å². The molecule has 0 aliphatic heterocycles. The third-order valence-corrected chi connectivity index (χ3v) is 3.94. The van der Waals surface area contributed by atoms with Crippen LogP contribution in [0.25, 0.3) is 0 Å². The van der Waals surface area contributed by atoms with E-state index in [4.69, 9.17) is 0 Å². The molecule has 19 heavy (non-hydrogen) atoms. The Balaban J connectivity index is 2.29. The smallest absolute Gasteiger partial charge is 0.123 e. The van der Waals surface area contributed by atoms with Crippen molar-refractivity contribution in [1.29, 1.82) is 0 Å². The molecule has 1 aromatic carbocycles. The first-order valence-electron chi connectivity index (χ1n) is 7.40. The average Bonchev–Trinajstić information content (AvgIpc) is 3.24. The lowest BCUT2D eigenvalue weighted by molar-refractivity contribution is 0.604. The first kappa shape index (κ1) is 14.3. The quantitative estimate of drug-likeness (QED) is 0.804. The van der Waals surface area contributed by atoms with Crippen molar-refractivity contribution in [1.82, 2.24) is 5.32 Å². The van der Waals surface area contributed by atoms with Crippen molar-refractivity contribution >= 4 is 5.69 Å². The van der Waals surface area contributed by atoms with Gasteiger partial charge < -0.3 is 10.2 Å². The summed E-state index contributed by atoms with van der Waals surface area (Å²) in [7, 11) is 1.92. The largest absolute Gasteiger partial charge is 0.368 e. The summed E-state index contributed by atoms with van der Waals surface area (Å²) in [4.78, 5) is 2.48. The van der Waals surface area contributed by atoms with E-state index in [2.05, 4.69) is 24.1 Å². The number of anilines is 1. The molecule has 0 amide bonds. The van der Waals surface area contributed by atoms with Crippen LogP contribution in [0, 0.1) is 5.82 Å². The molecular weight excluding hydrogens is 239 g/mol. The van der Waals surface area contributed by atoms with Crippen molar-refractivity contribution in [3.8, 4) is 0 Å². The summed E-state index contributed by atoms with van der Waals surface area (Å²) < 4.78 is 13.5. The molecule has 0 bridgehead atoms. The van der Waals surface area contributed by atoms with E-state index < -0.39 is 0 Å². The summed E-state index contributed by atoms with van der Waals surface area (Å²) in [5.41, 5.74) is 2.28. The normalized spacial score (nSPS) is 16.4. The van der Waals surface area contributed by atoms with E-state index in [1.807, 2.05) is 13.1 Å². The predicted molar refractivity (Wildman–Crippen MR) is 79.2 cm³/mol. The van der Waals surface area contributed by atoms with Crippen molar-refractivity contribution in [2.24, 2.45) is 0 Å². The molecule has 0 spiro atoms. The first-order valence-corrected chi connectivity index (χ1v) is 7.40. The van der Waals surface area contributed by atoms with Crippen molar-refractivity contribution in [2.75, 3.05) is 18.5 Å². The van der Waals surface area contributed by atoms with Crippen LogP contribution < -0.4 is 10.2 Å². The lowest BCUT2D eigenvalue weighted by Gasteiger charge is -2.29. The SMILES string of the molecule is CCCCN(c1ccc(F)cc1C(C)NC)C1CC1. The lowest BCUT2D eigenvalue weighted by atomic mass is 10.0. The van der Waals surface area contributed by atoms with Gasteiger partial charge >= 0.3 is 0 Å². The van der Waals surface area contributed by atoms with Crippen LogP contribution in [0.5, 0.6) is 0 Å². The summed E-state index contributed by atoms with van der Waals surface area (Å²) >= 11 is 0. The molecule has 1 N–H and O–H groups in total. The molecule has 1 unspecified atom stereocenters. The van der Waals surface area contributed by atoms with Gasteiger partial charge in [0, 0.05) is 24.3 Å². The van der Waals surface area contributed by atoms with Crippen LogP contribution in [0.4, 0.5) is 10.1 Å². The minimum absolute atomic E-state index is 0.146. The number of nitrogens with one attached hydrogen (secondary N) is 1. The summed E-state index contributed by atoms with van der Waals surface area (Å²) in [5.74, 6) is -0.146. The van der Waals surface area contributed by atoms with Gasteiger partial charge in [-0.05, 0) is 57.0 Å². The van der Waals surface area contributed by atoms with Gasteiger partial charge in [-0.2, -0.15) is 0 Å². The molecule has 1 saturated carbocycles. The van der Waals surface area contributed by atoms with E-state index in [-0.39, 0.29) is 11.9 Å². The Hall–Kier alpha value is -1.09. The van der Waals surface area contributed by atoms with Gasteiger partial charge in [-0.1, -0.05) is 13.3 Å². The Morgan fingerprint density at radius 2 is 2.16 bits per heavy atom. The van der Waals surface area contributed by atoms with Crippen LogP contribution in [0.2, 0.25) is 0 Å². The number of halogens is 1. The Labute approximate surface area is 116 Å². The van der Waals surface area contributed by atoms with Crippen LogP contribution in [-0.2, 0) is 0 Å². The maximum absolute atomic E-state index is 13.5. The molecule has 0 saturated heterocycles. The second-order valence-electron chi connectivity index (χ2n) is 5.49. The third kappa shape index (κ3) is 3.47. The predicted octanol–water partition coefficient (Wildman–Crippen LogP) is 3.88. The number of benzene rings is 1. The maximum atomic E-state index is 13.5. The zero-order chi connectivity index (χ0) is 13.8. The first-order chi connectivity index (χ1) is 9.17. The zero-order valence-electron chi connectivity index (χ0n) is 12.2. The van der Waals surface area contributed by atoms with E-state index >= 15 is 0 Å². The minimum atomic E-state index is -0.146.